The first-order valence-electron chi connectivity index (χ1n) is 7.10. The van der Waals surface area contributed by atoms with E-state index in [0.29, 0.717) is 0 Å². The Balaban J connectivity index is 1.82. The third-order valence-corrected chi connectivity index (χ3v) is 3.91. The normalized spacial score (nSPS) is 14.1. The highest BCUT2D eigenvalue weighted by atomic mass is 16.5. The van der Waals surface area contributed by atoms with E-state index in [1.54, 1.807) is 14.2 Å². The van der Waals surface area contributed by atoms with Crippen molar-refractivity contribution in [2.75, 3.05) is 14.2 Å². The van der Waals surface area contributed by atoms with Crippen LogP contribution < -0.4 is 9.47 Å². The van der Waals surface area contributed by atoms with Crippen LogP contribution in [0.2, 0.25) is 0 Å². The van der Waals surface area contributed by atoms with Gasteiger partial charge >= 0.3 is 0 Å². The second-order valence-electron chi connectivity index (χ2n) is 5.35. The molecule has 1 fully saturated rings. The van der Waals surface area contributed by atoms with Crippen molar-refractivity contribution in [1.82, 2.24) is 0 Å². The van der Waals surface area contributed by atoms with Crippen molar-refractivity contribution in [2.45, 2.75) is 25.2 Å². The summed E-state index contributed by atoms with van der Waals surface area (Å²) < 4.78 is 10.8. The number of methoxy groups -OCH3 is 2. The molecule has 1 aliphatic carbocycles. The Hall–Kier alpha value is -1.96. The number of benzene rings is 2. The maximum absolute atomic E-state index is 5.49. The van der Waals surface area contributed by atoms with Crippen LogP contribution in [0.1, 0.15) is 35.4 Å². The van der Waals surface area contributed by atoms with Crippen LogP contribution >= 0.6 is 0 Å². The van der Waals surface area contributed by atoms with Gasteiger partial charge in [-0.3, -0.25) is 0 Å². The maximum atomic E-state index is 5.49. The molecule has 0 aromatic heterocycles. The third-order valence-electron chi connectivity index (χ3n) is 3.91. The molecule has 2 aromatic rings. The standard InChI is InChI=1S/C18H20O2/c1-19-17-5-3-4-16(18(17)20-2)12-13-6-8-14(9-7-13)15-10-11-15/h3-9,15H,10-12H2,1-2H3. The Kier molecular flexibility index (Phi) is 3.64. The van der Waals surface area contributed by atoms with E-state index in [2.05, 4.69) is 30.3 Å². The summed E-state index contributed by atoms with van der Waals surface area (Å²) in [6.07, 6.45) is 3.57. The van der Waals surface area contributed by atoms with Gasteiger partial charge in [0.15, 0.2) is 11.5 Å². The summed E-state index contributed by atoms with van der Waals surface area (Å²) in [5.41, 5.74) is 3.94. The Labute approximate surface area is 120 Å². The highest BCUT2D eigenvalue weighted by molar-refractivity contribution is 5.48. The number of rotatable bonds is 5. The fourth-order valence-electron chi connectivity index (χ4n) is 2.64. The first-order valence-corrected chi connectivity index (χ1v) is 7.10. The molecule has 3 rings (SSSR count). The lowest BCUT2D eigenvalue weighted by atomic mass is 10.0. The van der Waals surface area contributed by atoms with E-state index in [0.717, 1.165) is 29.4 Å². The summed E-state index contributed by atoms with van der Waals surface area (Å²) in [5, 5.41) is 0. The van der Waals surface area contributed by atoms with Crippen LogP contribution in [0, 0.1) is 0 Å². The van der Waals surface area contributed by atoms with E-state index >= 15 is 0 Å². The summed E-state index contributed by atoms with van der Waals surface area (Å²) in [5.74, 6) is 2.44. The SMILES string of the molecule is COc1cccc(Cc2ccc(C3CC3)cc2)c1OC. The van der Waals surface area contributed by atoms with Gasteiger partial charge in [0.05, 0.1) is 14.2 Å². The molecule has 0 aliphatic heterocycles. The van der Waals surface area contributed by atoms with Crippen LogP contribution in [0.4, 0.5) is 0 Å². The molecule has 2 aromatic carbocycles. The first kappa shape index (κ1) is 13.0. The number of hydrogen-bond donors (Lipinski definition) is 0. The second-order valence-corrected chi connectivity index (χ2v) is 5.35. The molecule has 0 unspecified atom stereocenters. The highest BCUT2D eigenvalue weighted by Crippen LogP contribution is 2.40. The number of para-hydroxylation sites is 1. The van der Waals surface area contributed by atoms with E-state index in [1.165, 1.54) is 24.0 Å². The fourth-order valence-corrected chi connectivity index (χ4v) is 2.64. The van der Waals surface area contributed by atoms with Crippen molar-refractivity contribution in [3.63, 3.8) is 0 Å². The number of hydrogen-bond acceptors (Lipinski definition) is 2. The highest BCUT2D eigenvalue weighted by Gasteiger charge is 2.22. The van der Waals surface area contributed by atoms with E-state index in [9.17, 15) is 0 Å². The third kappa shape index (κ3) is 2.64. The van der Waals surface area contributed by atoms with Gasteiger partial charge in [0, 0.05) is 12.0 Å². The topological polar surface area (TPSA) is 18.5 Å². The van der Waals surface area contributed by atoms with Gasteiger partial charge in [-0.1, -0.05) is 36.4 Å². The Morgan fingerprint density at radius 2 is 1.70 bits per heavy atom. The quantitative estimate of drug-likeness (QED) is 0.810. The van der Waals surface area contributed by atoms with Crippen LogP contribution in [0.15, 0.2) is 42.5 Å². The Bertz CT molecular complexity index is 583. The molecule has 0 bridgehead atoms. The van der Waals surface area contributed by atoms with Crippen molar-refractivity contribution in [3.8, 4) is 11.5 Å². The molecular weight excluding hydrogens is 248 g/mol. The van der Waals surface area contributed by atoms with Crippen molar-refractivity contribution in [2.24, 2.45) is 0 Å². The molecule has 0 amide bonds. The summed E-state index contributed by atoms with van der Waals surface area (Å²) in [4.78, 5) is 0. The summed E-state index contributed by atoms with van der Waals surface area (Å²) >= 11 is 0. The molecule has 20 heavy (non-hydrogen) atoms. The maximum Gasteiger partial charge on any atom is 0.164 e. The minimum atomic E-state index is 0.791. The van der Waals surface area contributed by atoms with Crippen LogP contribution in [0.25, 0.3) is 0 Å². The van der Waals surface area contributed by atoms with Gasteiger partial charge in [-0.15, -0.1) is 0 Å². The molecule has 104 valence electrons. The molecule has 1 aliphatic rings. The van der Waals surface area contributed by atoms with Crippen LogP contribution in [0.5, 0.6) is 11.5 Å². The van der Waals surface area contributed by atoms with Gasteiger partial charge in [0.1, 0.15) is 0 Å². The van der Waals surface area contributed by atoms with Crippen LogP contribution in [-0.2, 0) is 6.42 Å². The average molecular weight is 268 g/mol. The zero-order chi connectivity index (χ0) is 13.9. The van der Waals surface area contributed by atoms with Crippen molar-refractivity contribution < 1.29 is 9.47 Å². The molecule has 2 heteroatoms. The van der Waals surface area contributed by atoms with Gasteiger partial charge in [-0.2, -0.15) is 0 Å². The molecule has 0 atom stereocenters. The minimum absolute atomic E-state index is 0.791. The Morgan fingerprint density at radius 3 is 2.30 bits per heavy atom. The monoisotopic (exact) mass is 268 g/mol. The lowest BCUT2D eigenvalue weighted by Crippen LogP contribution is -1.97. The predicted octanol–water partition coefficient (Wildman–Crippen LogP) is 4.17. The second kappa shape index (κ2) is 5.58. The van der Waals surface area contributed by atoms with Gasteiger partial charge < -0.3 is 9.47 Å². The van der Waals surface area contributed by atoms with Crippen molar-refractivity contribution >= 4 is 0 Å². The fraction of sp³-hybridized carbons (Fsp3) is 0.333. The zero-order valence-electron chi connectivity index (χ0n) is 12.1. The van der Waals surface area contributed by atoms with Crippen LogP contribution in [0.3, 0.4) is 0 Å². The molecule has 0 spiro atoms. The van der Waals surface area contributed by atoms with E-state index in [-0.39, 0.29) is 0 Å². The molecule has 0 heterocycles. The van der Waals surface area contributed by atoms with Crippen molar-refractivity contribution in [1.29, 1.82) is 0 Å². The van der Waals surface area contributed by atoms with E-state index in [4.69, 9.17) is 9.47 Å². The van der Waals surface area contributed by atoms with Crippen molar-refractivity contribution in [3.05, 3.63) is 59.2 Å². The van der Waals surface area contributed by atoms with E-state index in [1.807, 2.05) is 12.1 Å². The summed E-state index contributed by atoms with van der Waals surface area (Å²) in [7, 11) is 3.36. The predicted molar refractivity (Wildman–Crippen MR) is 80.8 cm³/mol. The lowest BCUT2D eigenvalue weighted by Gasteiger charge is -2.12. The zero-order valence-corrected chi connectivity index (χ0v) is 12.1. The van der Waals surface area contributed by atoms with Gasteiger partial charge in [0.25, 0.3) is 0 Å². The molecule has 2 nitrogen and oxygen atoms in total. The lowest BCUT2D eigenvalue weighted by molar-refractivity contribution is 0.352. The smallest absolute Gasteiger partial charge is 0.164 e. The minimum Gasteiger partial charge on any atom is -0.493 e. The van der Waals surface area contributed by atoms with E-state index < -0.39 is 0 Å². The molecular formula is C18H20O2. The number of ether oxygens (including phenoxy) is 2. The summed E-state index contributed by atoms with van der Waals surface area (Å²) in [6.45, 7) is 0. The van der Waals surface area contributed by atoms with Crippen LogP contribution in [-0.4, -0.2) is 14.2 Å². The largest absolute Gasteiger partial charge is 0.493 e. The molecule has 1 saturated carbocycles. The first-order chi connectivity index (χ1) is 9.81. The molecule has 0 saturated heterocycles. The van der Waals surface area contributed by atoms with Gasteiger partial charge in [0.2, 0.25) is 0 Å². The summed E-state index contributed by atoms with van der Waals surface area (Å²) in [6, 6.07) is 15.0. The van der Waals surface area contributed by atoms with Gasteiger partial charge in [-0.25, -0.2) is 0 Å². The average Bonchev–Trinajstić information content (AvgIpc) is 3.32. The molecule has 0 radical (unpaired) electrons. The Morgan fingerprint density at radius 1 is 0.950 bits per heavy atom. The van der Waals surface area contributed by atoms with Gasteiger partial charge in [-0.05, 0) is 36.0 Å². The molecule has 0 N–H and O–H groups in total.